The number of hydrogen-bond acceptors (Lipinski definition) is 3. The molecule has 1 aromatic heterocycles. The molecule has 6 nitrogen and oxygen atoms in total. The van der Waals surface area contributed by atoms with E-state index < -0.39 is 17.9 Å². The molecular weight excluding hydrogens is 210 g/mol. The highest BCUT2D eigenvalue weighted by Gasteiger charge is 2.43. The third-order valence-electron chi connectivity index (χ3n) is 2.97. The van der Waals surface area contributed by atoms with E-state index in [0.717, 1.165) is 5.56 Å². The van der Waals surface area contributed by atoms with E-state index in [9.17, 15) is 9.59 Å². The molecule has 2 unspecified atom stereocenters. The van der Waals surface area contributed by atoms with Gasteiger partial charge in [-0.2, -0.15) is 5.10 Å². The molecule has 86 valence electrons. The van der Waals surface area contributed by atoms with Gasteiger partial charge in [0, 0.05) is 32.3 Å². The van der Waals surface area contributed by atoms with Crippen molar-refractivity contribution in [2.24, 2.45) is 13.0 Å². The van der Waals surface area contributed by atoms with E-state index in [1.807, 2.05) is 0 Å². The predicted molar refractivity (Wildman–Crippen MR) is 54.5 cm³/mol. The second-order valence-corrected chi connectivity index (χ2v) is 4.05. The van der Waals surface area contributed by atoms with Crippen LogP contribution in [0.5, 0.6) is 0 Å². The fourth-order valence-corrected chi connectivity index (χ4v) is 2.14. The zero-order chi connectivity index (χ0) is 11.9. The fourth-order valence-electron chi connectivity index (χ4n) is 2.14. The number of aromatic nitrogens is 2. The van der Waals surface area contributed by atoms with Crippen LogP contribution >= 0.6 is 0 Å². The zero-order valence-electron chi connectivity index (χ0n) is 9.12. The van der Waals surface area contributed by atoms with Crippen molar-refractivity contribution in [1.82, 2.24) is 14.7 Å². The van der Waals surface area contributed by atoms with Crippen LogP contribution in [-0.2, 0) is 16.6 Å². The third-order valence-corrected chi connectivity index (χ3v) is 2.97. The quantitative estimate of drug-likeness (QED) is 0.767. The highest BCUT2D eigenvalue weighted by Crippen LogP contribution is 2.36. The number of carbonyl (C=O) groups is 2. The van der Waals surface area contributed by atoms with Gasteiger partial charge in [-0.3, -0.25) is 14.3 Å². The maximum atomic E-state index is 11.5. The molecule has 1 amide bonds. The van der Waals surface area contributed by atoms with Gasteiger partial charge in [0.15, 0.2) is 0 Å². The van der Waals surface area contributed by atoms with Crippen LogP contribution in [0.2, 0.25) is 0 Å². The van der Waals surface area contributed by atoms with Crippen LogP contribution in [0, 0.1) is 5.92 Å². The summed E-state index contributed by atoms with van der Waals surface area (Å²) in [6, 6.07) is -0.404. The van der Waals surface area contributed by atoms with E-state index in [2.05, 4.69) is 5.10 Å². The molecule has 0 saturated carbocycles. The normalized spacial score (nSPS) is 25.1. The van der Waals surface area contributed by atoms with E-state index in [1.165, 1.54) is 4.90 Å². The Balaban J connectivity index is 2.36. The van der Waals surface area contributed by atoms with Crippen LogP contribution in [0.1, 0.15) is 18.0 Å². The van der Waals surface area contributed by atoms with Crippen molar-refractivity contribution in [3.8, 4) is 0 Å². The Kier molecular flexibility index (Phi) is 2.41. The Morgan fingerprint density at radius 3 is 2.75 bits per heavy atom. The van der Waals surface area contributed by atoms with Gasteiger partial charge in [-0.25, -0.2) is 0 Å². The Morgan fingerprint density at radius 2 is 2.25 bits per heavy atom. The molecule has 0 aliphatic carbocycles. The second-order valence-electron chi connectivity index (χ2n) is 4.05. The van der Waals surface area contributed by atoms with Gasteiger partial charge >= 0.3 is 5.97 Å². The molecule has 1 fully saturated rings. The lowest BCUT2D eigenvalue weighted by molar-refractivity contribution is -0.142. The average molecular weight is 223 g/mol. The lowest BCUT2D eigenvalue weighted by Crippen LogP contribution is -2.26. The molecule has 1 saturated heterocycles. The van der Waals surface area contributed by atoms with Gasteiger partial charge in [-0.1, -0.05) is 0 Å². The smallest absolute Gasteiger partial charge is 0.309 e. The van der Waals surface area contributed by atoms with Crippen LogP contribution in [0.25, 0.3) is 0 Å². The van der Waals surface area contributed by atoms with Crippen LogP contribution < -0.4 is 0 Å². The summed E-state index contributed by atoms with van der Waals surface area (Å²) in [5.74, 6) is -1.76. The highest BCUT2D eigenvalue weighted by atomic mass is 16.4. The standard InChI is InChI=1S/C10H13N3O3/c1-12-5-6(4-11-12)9-7(10(15)16)3-8(14)13(9)2/h4-5,7,9H,3H2,1-2H3,(H,15,16). The third kappa shape index (κ3) is 1.56. The molecule has 1 aliphatic heterocycles. The molecule has 0 spiro atoms. The first-order valence-corrected chi connectivity index (χ1v) is 4.97. The van der Waals surface area contributed by atoms with E-state index in [4.69, 9.17) is 5.11 Å². The summed E-state index contributed by atoms with van der Waals surface area (Å²) in [7, 11) is 3.39. The van der Waals surface area contributed by atoms with E-state index in [0.29, 0.717) is 0 Å². The second kappa shape index (κ2) is 3.62. The first-order valence-electron chi connectivity index (χ1n) is 4.97. The Morgan fingerprint density at radius 1 is 1.56 bits per heavy atom. The minimum Gasteiger partial charge on any atom is -0.481 e. The first-order chi connectivity index (χ1) is 7.50. The van der Waals surface area contributed by atoms with Crippen molar-refractivity contribution in [2.45, 2.75) is 12.5 Å². The number of likely N-dealkylation sites (tertiary alicyclic amines) is 1. The minimum absolute atomic E-state index is 0.0609. The average Bonchev–Trinajstić information content (AvgIpc) is 2.73. The number of amides is 1. The van der Waals surface area contributed by atoms with Gasteiger partial charge in [0.05, 0.1) is 18.2 Å². The molecule has 16 heavy (non-hydrogen) atoms. The number of rotatable bonds is 2. The van der Waals surface area contributed by atoms with Gasteiger partial charge in [-0.05, 0) is 0 Å². The van der Waals surface area contributed by atoms with Crippen molar-refractivity contribution >= 4 is 11.9 Å². The van der Waals surface area contributed by atoms with Crippen molar-refractivity contribution in [1.29, 1.82) is 0 Å². The minimum atomic E-state index is -0.938. The van der Waals surface area contributed by atoms with E-state index >= 15 is 0 Å². The molecule has 0 bridgehead atoms. The number of carboxylic acid groups (broad SMARTS) is 1. The number of carbonyl (C=O) groups excluding carboxylic acids is 1. The molecule has 1 aromatic rings. The van der Waals surface area contributed by atoms with Crippen LogP contribution in [0.15, 0.2) is 12.4 Å². The van der Waals surface area contributed by atoms with Gasteiger partial charge in [0.2, 0.25) is 5.91 Å². The molecule has 2 atom stereocenters. The van der Waals surface area contributed by atoms with Crippen LogP contribution in [0.4, 0.5) is 0 Å². The topological polar surface area (TPSA) is 75.4 Å². The van der Waals surface area contributed by atoms with Crippen molar-refractivity contribution in [3.63, 3.8) is 0 Å². The lowest BCUT2D eigenvalue weighted by atomic mass is 9.96. The highest BCUT2D eigenvalue weighted by molar-refractivity contribution is 5.87. The predicted octanol–water partition coefficient (Wildman–Crippen LogP) is 0.0241. The molecule has 2 heterocycles. The van der Waals surface area contributed by atoms with Gasteiger partial charge in [0.1, 0.15) is 0 Å². The summed E-state index contributed by atoms with van der Waals surface area (Å²) in [6.45, 7) is 0. The SMILES string of the molecule is CN1C(=O)CC(C(=O)O)C1c1cnn(C)c1. The number of nitrogens with zero attached hydrogens (tertiary/aromatic N) is 3. The van der Waals surface area contributed by atoms with Crippen LogP contribution in [0.3, 0.4) is 0 Å². The zero-order valence-corrected chi connectivity index (χ0v) is 9.12. The number of aliphatic carboxylic acids is 1. The van der Waals surface area contributed by atoms with Crippen molar-refractivity contribution in [3.05, 3.63) is 18.0 Å². The molecule has 6 heteroatoms. The summed E-state index contributed by atoms with van der Waals surface area (Å²) < 4.78 is 1.60. The molecule has 2 rings (SSSR count). The van der Waals surface area contributed by atoms with E-state index in [1.54, 1.807) is 31.2 Å². The molecule has 0 radical (unpaired) electrons. The van der Waals surface area contributed by atoms with Crippen molar-refractivity contribution in [2.75, 3.05) is 7.05 Å². The molecular formula is C10H13N3O3. The van der Waals surface area contributed by atoms with Gasteiger partial charge in [0.25, 0.3) is 0 Å². The number of aryl methyl sites for hydroxylation is 1. The lowest BCUT2D eigenvalue weighted by Gasteiger charge is -2.21. The van der Waals surface area contributed by atoms with Crippen molar-refractivity contribution < 1.29 is 14.7 Å². The molecule has 1 N–H and O–H groups in total. The van der Waals surface area contributed by atoms with Gasteiger partial charge in [-0.15, -0.1) is 0 Å². The summed E-state index contributed by atoms with van der Waals surface area (Å²) in [5, 5.41) is 13.1. The van der Waals surface area contributed by atoms with Crippen LogP contribution in [-0.4, -0.2) is 38.7 Å². The fraction of sp³-hybridized carbons (Fsp3) is 0.500. The van der Waals surface area contributed by atoms with E-state index in [-0.39, 0.29) is 12.3 Å². The maximum Gasteiger partial charge on any atom is 0.309 e. The van der Waals surface area contributed by atoms with Gasteiger partial charge < -0.3 is 10.0 Å². The summed E-state index contributed by atoms with van der Waals surface area (Å²) >= 11 is 0. The Bertz CT molecular complexity index is 440. The monoisotopic (exact) mass is 223 g/mol. The maximum absolute atomic E-state index is 11.5. The summed E-state index contributed by atoms with van der Waals surface area (Å²) in [5.41, 5.74) is 0.767. The number of carboxylic acids is 1. The Hall–Kier alpha value is -1.85. The largest absolute Gasteiger partial charge is 0.481 e. The molecule has 0 aromatic carbocycles. The Labute approximate surface area is 92.5 Å². The first kappa shape index (κ1) is 10.7. The summed E-state index contributed by atoms with van der Waals surface area (Å²) in [6.07, 6.45) is 3.41. The summed E-state index contributed by atoms with van der Waals surface area (Å²) in [4.78, 5) is 24.1. The molecule has 1 aliphatic rings. The number of hydrogen-bond donors (Lipinski definition) is 1.